The number of nitrogens with zero attached hydrogens (tertiary/aromatic N) is 2. The Kier molecular flexibility index (Phi) is 6.59. The highest BCUT2D eigenvalue weighted by atomic mass is 35.5. The lowest BCUT2D eigenvalue weighted by molar-refractivity contribution is -0.144. The van der Waals surface area contributed by atoms with Crippen molar-refractivity contribution in [3.63, 3.8) is 0 Å². The van der Waals surface area contributed by atoms with Crippen molar-refractivity contribution in [2.75, 3.05) is 13.1 Å². The highest BCUT2D eigenvalue weighted by Gasteiger charge is 2.42. The maximum atomic E-state index is 13.8. The average Bonchev–Trinajstić information content (AvgIpc) is 3.56. The Hall–Kier alpha value is -1.10. The van der Waals surface area contributed by atoms with Crippen LogP contribution in [0.5, 0.6) is 0 Å². The van der Waals surface area contributed by atoms with Crippen LogP contribution >= 0.6 is 11.6 Å². The van der Waals surface area contributed by atoms with Crippen LogP contribution in [0.15, 0.2) is 24.3 Å². The number of piperidine rings is 1. The minimum atomic E-state index is -0.0890. The van der Waals surface area contributed by atoms with Gasteiger partial charge < -0.3 is 10.6 Å². The minimum Gasteiger partial charge on any atom is -0.338 e. The van der Waals surface area contributed by atoms with Crippen LogP contribution in [0.25, 0.3) is 0 Å². The summed E-state index contributed by atoms with van der Waals surface area (Å²) < 4.78 is 0. The van der Waals surface area contributed by atoms with Crippen molar-refractivity contribution >= 4 is 17.5 Å². The van der Waals surface area contributed by atoms with Gasteiger partial charge in [-0.1, -0.05) is 36.6 Å². The molecular formula is C23H34ClN3O. The first kappa shape index (κ1) is 20.2. The van der Waals surface area contributed by atoms with Crippen LogP contribution in [0.3, 0.4) is 0 Å². The Morgan fingerprint density at radius 1 is 1.11 bits per heavy atom. The molecule has 0 spiro atoms. The van der Waals surface area contributed by atoms with Gasteiger partial charge in [0.15, 0.2) is 0 Å². The number of amides is 1. The molecule has 1 amide bonds. The highest BCUT2D eigenvalue weighted by molar-refractivity contribution is 6.30. The van der Waals surface area contributed by atoms with Gasteiger partial charge in [0.25, 0.3) is 0 Å². The van der Waals surface area contributed by atoms with Crippen molar-refractivity contribution < 1.29 is 4.79 Å². The highest BCUT2D eigenvalue weighted by Crippen LogP contribution is 2.37. The van der Waals surface area contributed by atoms with Crippen LogP contribution in [-0.2, 0) is 11.3 Å². The minimum absolute atomic E-state index is 0.0890. The van der Waals surface area contributed by atoms with Crippen molar-refractivity contribution in [3.05, 3.63) is 34.9 Å². The molecule has 0 aromatic heterocycles. The number of hydrogen-bond acceptors (Lipinski definition) is 3. The van der Waals surface area contributed by atoms with E-state index < -0.39 is 0 Å². The first-order valence-corrected chi connectivity index (χ1v) is 11.6. The smallest absolute Gasteiger partial charge is 0.240 e. The predicted molar refractivity (Wildman–Crippen MR) is 114 cm³/mol. The number of carbonyl (C=O) groups is 1. The van der Waals surface area contributed by atoms with Crippen LogP contribution in [0, 0.1) is 5.92 Å². The summed E-state index contributed by atoms with van der Waals surface area (Å²) in [4.78, 5) is 18.5. The standard InChI is InChI=1S/C23H34ClN3O/c24-19-9-7-17(8-10-19)16-27(20-11-12-20)22(13-14-25)23(28)26-15-3-5-18-4-1-2-6-21(18)26/h7-10,18,20-22H,1-6,11-16,25H2/t18-,21+,22-/m1/s1. The SMILES string of the molecule is NCC[C@H](C(=O)N1CCC[C@H]2CCCC[C@@H]21)N(Cc1ccc(Cl)cc1)C1CC1. The van der Waals surface area contributed by atoms with Gasteiger partial charge in [-0.3, -0.25) is 9.69 Å². The second-order valence-electron chi connectivity index (χ2n) is 8.91. The fourth-order valence-corrected chi connectivity index (χ4v) is 5.51. The van der Waals surface area contributed by atoms with E-state index >= 15 is 0 Å². The van der Waals surface area contributed by atoms with Gasteiger partial charge in [0.1, 0.15) is 0 Å². The molecule has 0 bridgehead atoms. The molecule has 154 valence electrons. The Balaban J connectivity index is 1.53. The van der Waals surface area contributed by atoms with E-state index in [0.717, 1.165) is 36.9 Å². The second-order valence-corrected chi connectivity index (χ2v) is 9.35. The second kappa shape index (κ2) is 9.15. The lowest BCUT2D eigenvalue weighted by atomic mass is 9.78. The summed E-state index contributed by atoms with van der Waals surface area (Å²) >= 11 is 6.06. The molecule has 1 aromatic carbocycles. The van der Waals surface area contributed by atoms with E-state index in [1.807, 2.05) is 12.1 Å². The normalized spacial score (nSPS) is 26.2. The number of likely N-dealkylation sites (tertiary alicyclic amines) is 1. The number of halogens is 1. The molecule has 1 aliphatic heterocycles. The maximum Gasteiger partial charge on any atom is 0.240 e. The van der Waals surface area contributed by atoms with Crippen molar-refractivity contribution in [1.29, 1.82) is 0 Å². The third-order valence-corrected chi connectivity index (χ3v) is 7.20. The molecule has 0 unspecified atom stereocenters. The van der Waals surface area contributed by atoms with Gasteiger partial charge in [0.05, 0.1) is 6.04 Å². The fourth-order valence-electron chi connectivity index (χ4n) is 5.38. The molecule has 2 saturated carbocycles. The molecule has 0 radical (unpaired) electrons. The van der Waals surface area contributed by atoms with Gasteiger partial charge in [0.2, 0.25) is 5.91 Å². The molecule has 28 heavy (non-hydrogen) atoms. The number of carbonyl (C=O) groups excluding carboxylic acids is 1. The number of nitrogens with two attached hydrogens (primary N) is 1. The zero-order valence-corrected chi connectivity index (χ0v) is 17.6. The van der Waals surface area contributed by atoms with Gasteiger partial charge in [-0.2, -0.15) is 0 Å². The van der Waals surface area contributed by atoms with Gasteiger partial charge in [-0.15, -0.1) is 0 Å². The van der Waals surface area contributed by atoms with Gasteiger partial charge in [0, 0.05) is 30.2 Å². The molecule has 2 aliphatic carbocycles. The van der Waals surface area contributed by atoms with E-state index in [-0.39, 0.29) is 6.04 Å². The molecule has 1 aromatic rings. The zero-order chi connectivity index (χ0) is 19.5. The maximum absolute atomic E-state index is 13.8. The Morgan fingerprint density at radius 2 is 1.82 bits per heavy atom. The monoisotopic (exact) mass is 403 g/mol. The summed E-state index contributed by atoms with van der Waals surface area (Å²) in [6.45, 7) is 2.29. The first-order valence-electron chi connectivity index (χ1n) is 11.2. The van der Waals surface area contributed by atoms with E-state index in [1.165, 1.54) is 50.5 Å². The van der Waals surface area contributed by atoms with E-state index in [9.17, 15) is 4.79 Å². The lowest BCUT2D eigenvalue weighted by Crippen LogP contribution is -2.57. The largest absolute Gasteiger partial charge is 0.338 e. The van der Waals surface area contributed by atoms with E-state index in [2.05, 4.69) is 21.9 Å². The van der Waals surface area contributed by atoms with Crippen LogP contribution < -0.4 is 5.73 Å². The molecule has 3 fully saturated rings. The van der Waals surface area contributed by atoms with Crippen molar-refractivity contribution in [2.24, 2.45) is 11.7 Å². The van der Waals surface area contributed by atoms with Crippen molar-refractivity contribution in [1.82, 2.24) is 9.80 Å². The number of fused-ring (bicyclic) bond motifs is 1. The average molecular weight is 404 g/mol. The molecule has 4 nitrogen and oxygen atoms in total. The van der Waals surface area contributed by atoms with E-state index in [4.69, 9.17) is 17.3 Å². The van der Waals surface area contributed by atoms with Crippen molar-refractivity contribution in [3.8, 4) is 0 Å². The van der Waals surface area contributed by atoms with Crippen LogP contribution in [0.2, 0.25) is 5.02 Å². The fraction of sp³-hybridized carbons (Fsp3) is 0.696. The number of hydrogen-bond donors (Lipinski definition) is 1. The van der Waals surface area contributed by atoms with Gasteiger partial charge in [-0.25, -0.2) is 0 Å². The first-order chi connectivity index (χ1) is 13.7. The van der Waals surface area contributed by atoms with Crippen molar-refractivity contribution in [2.45, 2.75) is 82.5 Å². The molecule has 5 heteroatoms. The molecule has 1 heterocycles. The third kappa shape index (κ3) is 4.55. The summed E-state index contributed by atoms with van der Waals surface area (Å²) in [5.74, 6) is 1.05. The Labute approximate surface area is 174 Å². The summed E-state index contributed by atoms with van der Waals surface area (Å²) in [5, 5.41) is 0.757. The molecule has 1 saturated heterocycles. The van der Waals surface area contributed by atoms with Gasteiger partial charge in [-0.05, 0) is 75.1 Å². The summed E-state index contributed by atoms with van der Waals surface area (Å²) in [7, 11) is 0. The summed E-state index contributed by atoms with van der Waals surface area (Å²) in [5.41, 5.74) is 7.21. The summed E-state index contributed by atoms with van der Waals surface area (Å²) in [6.07, 6.45) is 10.7. The molecule has 3 aliphatic rings. The van der Waals surface area contributed by atoms with E-state index in [0.29, 0.717) is 24.5 Å². The Bertz CT molecular complexity index is 658. The molecule has 2 N–H and O–H groups in total. The van der Waals surface area contributed by atoms with Crippen LogP contribution in [-0.4, -0.2) is 46.9 Å². The number of rotatable bonds is 7. The van der Waals surface area contributed by atoms with Crippen LogP contribution in [0.4, 0.5) is 0 Å². The lowest BCUT2D eigenvalue weighted by Gasteiger charge is -2.46. The number of benzene rings is 1. The topological polar surface area (TPSA) is 49.6 Å². The quantitative estimate of drug-likeness (QED) is 0.742. The predicted octanol–water partition coefficient (Wildman–Crippen LogP) is 4.20. The molecular weight excluding hydrogens is 370 g/mol. The van der Waals surface area contributed by atoms with E-state index in [1.54, 1.807) is 0 Å². The van der Waals surface area contributed by atoms with Crippen LogP contribution in [0.1, 0.15) is 63.4 Å². The zero-order valence-electron chi connectivity index (χ0n) is 16.9. The molecule has 4 rings (SSSR count). The summed E-state index contributed by atoms with van der Waals surface area (Å²) in [6, 6.07) is 8.95. The Morgan fingerprint density at radius 3 is 2.54 bits per heavy atom. The third-order valence-electron chi connectivity index (χ3n) is 6.95. The van der Waals surface area contributed by atoms with Gasteiger partial charge >= 0.3 is 0 Å². The molecule has 3 atom stereocenters.